The van der Waals surface area contributed by atoms with Crippen LogP contribution in [0.5, 0.6) is 0 Å². The van der Waals surface area contributed by atoms with Crippen molar-refractivity contribution in [2.45, 2.75) is 46.3 Å². The Labute approximate surface area is 128 Å². The topological polar surface area (TPSA) is 94.8 Å². The Balaban J connectivity index is 2.20. The molecule has 0 aliphatic rings. The summed E-state index contributed by atoms with van der Waals surface area (Å²) in [5.41, 5.74) is -0.560. The maximum atomic E-state index is 11.9. The van der Waals surface area contributed by atoms with Crippen LogP contribution in [-0.2, 0) is 4.74 Å². The van der Waals surface area contributed by atoms with E-state index in [1.165, 1.54) is 4.68 Å². The Hall–Kier alpha value is -2.51. The van der Waals surface area contributed by atoms with Gasteiger partial charge in [0, 0.05) is 12.4 Å². The van der Waals surface area contributed by atoms with E-state index in [4.69, 9.17) is 4.74 Å². The molecule has 8 nitrogen and oxygen atoms in total. The Morgan fingerprint density at radius 3 is 2.55 bits per heavy atom. The van der Waals surface area contributed by atoms with Crippen molar-refractivity contribution in [3.63, 3.8) is 0 Å². The van der Waals surface area contributed by atoms with Crippen LogP contribution in [0.15, 0.2) is 18.5 Å². The van der Waals surface area contributed by atoms with Crippen LogP contribution in [0.2, 0.25) is 0 Å². The summed E-state index contributed by atoms with van der Waals surface area (Å²) < 4.78 is 6.75. The molecule has 0 aliphatic carbocycles. The largest absolute Gasteiger partial charge is 0.444 e. The van der Waals surface area contributed by atoms with E-state index in [2.05, 4.69) is 25.4 Å². The summed E-state index contributed by atoms with van der Waals surface area (Å²) in [7, 11) is 0. The van der Waals surface area contributed by atoms with E-state index < -0.39 is 17.7 Å². The van der Waals surface area contributed by atoms with Crippen molar-refractivity contribution >= 4 is 6.09 Å². The number of carbonyl (C=O) groups is 1. The molecular weight excluding hydrogens is 284 g/mol. The molecule has 118 valence electrons. The molecule has 0 bridgehead atoms. The Morgan fingerprint density at radius 2 is 1.95 bits per heavy atom. The van der Waals surface area contributed by atoms with Gasteiger partial charge in [-0.15, -0.1) is 5.10 Å². The molecule has 2 heterocycles. The predicted molar refractivity (Wildman–Crippen MR) is 79.5 cm³/mol. The van der Waals surface area contributed by atoms with Crippen LogP contribution < -0.4 is 5.32 Å². The number of nitrogens with zero attached hydrogens (tertiary/aromatic N) is 5. The number of ether oxygens (including phenoxy) is 1. The third-order valence-electron chi connectivity index (χ3n) is 2.60. The molecule has 2 aromatic heterocycles. The van der Waals surface area contributed by atoms with E-state index in [1.807, 2.05) is 20.8 Å². The second-order valence-electron chi connectivity index (χ2n) is 5.85. The third-order valence-corrected chi connectivity index (χ3v) is 2.60. The molecule has 0 radical (unpaired) electrons. The highest BCUT2D eigenvalue weighted by molar-refractivity contribution is 5.68. The van der Waals surface area contributed by atoms with Crippen molar-refractivity contribution in [2.75, 3.05) is 0 Å². The zero-order valence-corrected chi connectivity index (χ0v) is 13.4. The second-order valence-corrected chi connectivity index (χ2v) is 5.85. The number of aromatic nitrogens is 5. The van der Waals surface area contributed by atoms with Crippen LogP contribution in [0.4, 0.5) is 4.79 Å². The summed E-state index contributed by atoms with van der Waals surface area (Å²) in [6.07, 6.45) is 2.73. The zero-order valence-electron chi connectivity index (χ0n) is 13.4. The molecule has 22 heavy (non-hydrogen) atoms. The quantitative estimate of drug-likeness (QED) is 0.931. The lowest BCUT2D eigenvalue weighted by Gasteiger charge is -2.21. The van der Waals surface area contributed by atoms with Gasteiger partial charge in [-0.25, -0.2) is 19.7 Å². The Morgan fingerprint density at radius 1 is 1.32 bits per heavy atom. The number of hydrogen-bond donors (Lipinski definition) is 1. The van der Waals surface area contributed by atoms with Gasteiger partial charge in [0.05, 0.1) is 6.04 Å². The monoisotopic (exact) mass is 304 g/mol. The first kappa shape index (κ1) is 15.9. The Kier molecular flexibility index (Phi) is 4.39. The molecule has 0 saturated carbocycles. The first-order valence-corrected chi connectivity index (χ1v) is 6.97. The van der Waals surface area contributed by atoms with E-state index >= 15 is 0 Å². The summed E-state index contributed by atoms with van der Waals surface area (Å²) in [4.78, 5) is 24.5. The van der Waals surface area contributed by atoms with Gasteiger partial charge >= 0.3 is 6.09 Å². The van der Waals surface area contributed by atoms with Crippen molar-refractivity contribution in [1.29, 1.82) is 0 Å². The van der Waals surface area contributed by atoms with Crippen LogP contribution in [0.1, 0.15) is 45.4 Å². The average Bonchev–Trinajstić information content (AvgIpc) is 2.79. The van der Waals surface area contributed by atoms with Crippen LogP contribution >= 0.6 is 0 Å². The summed E-state index contributed by atoms with van der Waals surface area (Å²) >= 11 is 0. The minimum Gasteiger partial charge on any atom is -0.444 e. The third kappa shape index (κ3) is 4.00. The van der Waals surface area contributed by atoms with Crippen LogP contribution in [0.25, 0.3) is 5.95 Å². The van der Waals surface area contributed by atoms with Crippen LogP contribution in [-0.4, -0.2) is 36.4 Å². The van der Waals surface area contributed by atoms with Crippen molar-refractivity contribution < 1.29 is 9.53 Å². The van der Waals surface area contributed by atoms with Gasteiger partial charge in [-0.05, 0) is 40.7 Å². The summed E-state index contributed by atoms with van der Waals surface area (Å²) in [5.74, 6) is 1.51. The van der Waals surface area contributed by atoms with Crippen molar-refractivity contribution in [3.8, 4) is 5.95 Å². The van der Waals surface area contributed by atoms with Gasteiger partial charge in [0.15, 0.2) is 5.82 Å². The van der Waals surface area contributed by atoms with Crippen LogP contribution in [0, 0.1) is 6.92 Å². The lowest BCUT2D eigenvalue weighted by Crippen LogP contribution is -2.35. The predicted octanol–water partition coefficient (Wildman–Crippen LogP) is 1.95. The maximum Gasteiger partial charge on any atom is 0.408 e. The number of nitrogens with one attached hydrogen (secondary N) is 1. The fourth-order valence-corrected chi connectivity index (χ4v) is 1.81. The van der Waals surface area contributed by atoms with Crippen molar-refractivity contribution in [1.82, 2.24) is 30.0 Å². The highest BCUT2D eigenvalue weighted by Gasteiger charge is 2.22. The fourth-order valence-electron chi connectivity index (χ4n) is 1.81. The number of alkyl carbamates (subject to hydrolysis) is 1. The van der Waals surface area contributed by atoms with Gasteiger partial charge in [0.25, 0.3) is 5.95 Å². The van der Waals surface area contributed by atoms with Gasteiger partial charge in [0.1, 0.15) is 11.4 Å². The Bertz CT molecular complexity index is 647. The molecule has 0 saturated heterocycles. The summed E-state index contributed by atoms with van der Waals surface area (Å²) in [5, 5.41) is 7.01. The first-order chi connectivity index (χ1) is 10.3. The maximum absolute atomic E-state index is 11.9. The number of hydrogen-bond acceptors (Lipinski definition) is 6. The minimum atomic E-state index is -0.560. The smallest absolute Gasteiger partial charge is 0.408 e. The number of carbonyl (C=O) groups excluding carboxylic acids is 1. The van der Waals surface area contributed by atoms with Gasteiger partial charge < -0.3 is 10.1 Å². The number of rotatable bonds is 3. The molecule has 0 fully saturated rings. The second kappa shape index (κ2) is 6.08. The lowest BCUT2D eigenvalue weighted by molar-refractivity contribution is 0.0505. The lowest BCUT2D eigenvalue weighted by atomic mass is 10.2. The molecule has 1 amide bonds. The molecule has 2 aromatic rings. The highest BCUT2D eigenvalue weighted by atomic mass is 16.6. The standard InChI is InChI=1S/C14H20N6O2/c1-9(17-13(21)22-14(3,4)5)11-18-10(2)19-20(11)12-15-7-6-8-16-12/h6-9H,1-5H3,(H,17,21)/t9-/m0/s1. The molecule has 1 N–H and O–H groups in total. The van der Waals surface area contributed by atoms with Gasteiger partial charge in [-0.2, -0.15) is 4.68 Å². The van der Waals surface area contributed by atoms with E-state index in [-0.39, 0.29) is 0 Å². The normalized spacial score (nSPS) is 12.8. The van der Waals surface area contributed by atoms with E-state index in [0.29, 0.717) is 17.6 Å². The molecule has 0 spiro atoms. The van der Waals surface area contributed by atoms with Gasteiger partial charge in [0.2, 0.25) is 0 Å². The van der Waals surface area contributed by atoms with E-state index in [1.54, 1.807) is 32.3 Å². The van der Waals surface area contributed by atoms with Gasteiger partial charge in [-0.3, -0.25) is 0 Å². The van der Waals surface area contributed by atoms with Crippen molar-refractivity contribution in [3.05, 3.63) is 30.1 Å². The van der Waals surface area contributed by atoms with Gasteiger partial charge in [-0.1, -0.05) is 0 Å². The minimum absolute atomic E-state index is 0.399. The molecule has 0 aliphatic heterocycles. The molecule has 2 rings (SSSR count). The number of aryl methyl sites for hydroxylation is 1. The first-order valence-electron chi connectivity index (χ1n) is 6.97. The van der Waals surface area contributed by atoms with Crippen LogP contribution in [0.3, 0.4) is 0 Å². The average molecular weight is 304 g/mol. The summed E-state index contributed by atoms with van der Waals surface area (Å²) in [6.45, 7) is 8.99. The van der Waals surface area contributed by atoms with E-state index in [0.717, 1.165) is 0 Å². The molecule has 0 unspecified atom stereocenters. The van der Waals surface area contributed by atoms with E-state index in [9.17, 15) is 4.79 Å². The SMILES string of the molecule is Cc1nc([C@H](C)NC(=O)OC(C)(C)C)n(-c2ncccn2)n1. The van der Waals surface area contributed by atoms with Crippen molar-refractivity contribution in [2.24, 2.45) is 0 Å². The highest BCUT2D eigenvalue weighted by Crippen LogP contribution is 2.14. The molecule has 1 atom stereocenters. The zero-order chi connectivity index (χ0) is 16.3. The fraction of sp³-hybridized carbons (Fsp3) is 0.500. The summed E-state index contributed by atoms with van der Waals surface area (Å²) in [6, 6.07) is 1.31. The molecule has 8 heteroatoms. The molecular formula is C14H20N6O2. The molecule has 0 aromatic carbocycles. The number of amides is 1.